The summed E-state index contributed by atoms with van der Waals surface area (Å²) in [7, 11) is 1.90. The Kier molecular flexibility index (Phi) is 13.7. The average Bonchev–Trinajstić information content (AvgIpc) is 3.06. The molecule has 1 fully saturated rings. The maximum absolute atomic E-state index is 14.4. The summed E-state index contributed by atoms with van der Waals surface area (Å²) >= 11 is 0. The number of amides is 2. The number of aliphatic hydroxyl groups excluding tert-OH is 1. The van der Waals surface area contributed by atoms with Gasteiger partial charge < -0.3 is 24.8 Å². The van der Waals surface area contributed by atoms with Crippen molar-refractivity contribution in [3.8, 4) is 5.75 Å². The first-order valence-electron chi connectivity index (χ1n) is 17.3. The molecule has 4 rings (SSSR count). The number of hydrogen-bond donors (Lipinski definition) is 2. The number of rotatable bonds is 8. The summed E-state index contributed by atoms with van der Waals surface area (Å²) in [5, 5.41) is 13.3. The summed E-state index contributed by atoms with van der Waals surface area (Å²) < 4.78 is 51.9. The molecule has 1 saturated carbocycles. The number of carbonyl (C=O) groups is 2. The second-order valence-electron chi connectivity index (χ2n) is 13.7. The zero-order valence-corrected chi connectivity index (χ0v) is 28.7. The van der Waals surface area contributed by atoms with Gasteiger partial charge in [0, 0.05) is 43.8 Å². The zero-order chi connectivity index (χ0) is 34.8. The fraction of sp³-hybridized carbons (Fsp3) is 0.622. The molecule has 11 heteroatoms. The van der Waals surface area contributed by atoms with Crippen molar-refractivity contribution < 1.29 is 37.3 Å². The monoisotopic (exact) mass is 675 g/mol. The minimum atomic E-state index is -4.39. The van der Waals surface area contributed by atoms with Crippen molar-refractivity contribution in [2.75, 3.05) is 38.7 Å². The highest BCUT2D eigenvalue weighted by Crippen LogP contribution is 2.31. The van der Waals surface area contributed by atoms with Crippen LogP contribution in [0.1, 0.15) is 93.6 Å². The number of nitrogens with zero attached hydrogens (tertiary/aromatic N) is 2. The molecule has 1 aliphatic heterocycles. The first kappa shape index (κ1) is 37.7. The third-order valence-corrected chi connectivity index (χ3v) is 9.52. The largest absolute Gasteiger partial charge is 0.490 e. The van der Waals surface area contributed by atoms with E-state index >= 15 is 0 Å². The SMILES string of the molecule is C[C@@H]1CCCCO[C@@H](CN(C)Cc2ccc(C(F)(F)F)cc2)[C@@H](C)CN([C@H](C)CO)C(=O)c2cc(NC(=O)C3CCCCC3)ccc2O1. The number of aliphatic hydroxyl groups is 1. The molecule has 2 amide bonds. The topological polar surface area (TPSA) is 91.3 Å². The van der Waals surface area contributed by atoms with Crippen LogP contribution in [0.4, 0.5) is 18.9 Å². The Labute approximate surface area is 283 Å². The molecular weight excluding hydrogens is 623 g/mol. The van der Waals surface area contributed by atoms with Gasteiger partial charge >= 0.3 is 6.18 Å². The van der Waals surface area contributed by atoms with Crippen LogP contribution >= 0.6 is 0 Å². The van der Waals surface area contributed by atoms with E-state index in [1.165, 1.54) is 12.1 Å². The van der Waals surface area contributed by atoms with Crippen molar-refractivity contribution in [2.24, 2.45) is 11.8 Å². The van der Waals surface area contributed by atoms with E-state index in [-0.39, 0.29) is 49.0 Å². The average molecular weight is 676 g/mol. The van der Waals surface area contributed by atoms with E-state index < -0.39 is 17.8 Å². The molecule has 0 unspecified atom stereocenters. The van der Waals surface area contributed by atoms with E-state index in [1.807, 2.05) is 25.8 Å². The summed E-state index contributed by atoms with van der Waals surface area (Å²) in [6.07, 6.45) is 2.51. The quantitative estimate of drug-likeness (QED) is 0.309. The van der Waals surface area contributed by atoms with Gasteiger partial charge in [0.25, 0.3) is 5.91 Å². The highest BCUT2D eigenvalue weighted by molar-refractivity contribution is 6.00. The van der Waals surface area contributed by atoms with Crippen LogP contribution in [0, 0.1) is 11.8 Å². The smallest absolute Gasteiger partial charge is 0.416 e. The molecule has 1 aliphatic carbocycles. The molecule has 0 radical (unpaired) electrons. The minimum absolute atomic E-state index is 0.0353. The van der Waals surface area contributed by atoms with E-state index in [1.54, 1.807) is 30.0 Å². The van der Waals surface area contributed by atoms with Gasteiger partial charge in [0.15, 0.2) is 0 Å². The summed E-state index contributed by atoms with van der Waals surface area (Å²) in [4.78, 5) is 31.1. The van der Waals surface area contributed by atoms with Gasteiger partial charge in [-0.3, -0.25) is 14.5 Å². The van der Waals surface area contributed by atoms with Crippen LogP contribution in [0.25, 0.3) is 0 Å². The number of hydrogen-bond acceptors (Lipinski definition) is 6. The van der Waals surface area contributed by atoms with Gasteiger partial charge in [-0.15, -0.1) is 0 Å². The fourth-order valence-electron chi connectivity index (χ4n) is 6.55. The minimum Gasteiger partial charge on any atom is -0.490 e. The molecule has 2 aromatic carbocycles. The Bertz CT molecular complexity index is 1330. The molecule has 2 aliphatic rings. The van der Waals surface area contributed by atoms with Crippen LogP contribution in [-0.2, 0) is 22.3 Å². The Morgan fingerprint density at radius 1 is 1.04 bits per heavy atom. The predicted molar refractivity (Wildman–Crippen MR) is 180 cm³/mol. The number of benzene rings is 2. The number of anilines is 1. The van der Waals surface area contributed by atoms with Crippen molar-refractivity contribution in [3.05, 3.63) is 59.2 Å². The van der Waals surface area contributed by atoms with Crippen molar-refractivity contribution in [1.29, 1.82) is 0 Å². The lowest BCUT2D eigenvalue weighted by Gasteiger charge is -2.36. The number of likely N-dealkylation sites (N-methyl/N-ethyl adjacent to an activating group) is 1. The van der Waals surface area contributed by atoms with E-state index in [4.69, 9.17) is 9.47 Å². The predicted octanol–water partition coefficient (Wildman–Crippen LogP) is 7.15. The lowest BCUT2D eigenvalue weighted by Crippen LogP contribution is -2.47. The molecule has 48 heavy (non-hydrogen) atoms. The van der Waals surface area contributed by atoms with Crippen molar-refractivity contribution in [1.82, 2.24) is 9.80 Å². The molecule has 0 bridgehead atoms. The highest BCUT2D eigenvalue weighted by Gasteiger charge is 2.32. The Hall–Kier alpha value is -3.15. The molecule has 2 aromatic rings. The van der Waals surface area contributed by atoms with E-state index in [0.717, 1.165) is 69.1 Å². The summed E-state index contributed by atoms with van der Waals surface area (Å²) in [6.45, 7) is 7.24. The lowest BCUT2D eigenvalue weighted by atomic mass is 9.88. The molecule has 0 saturated heterocycles. The van der Waals surface area contributed by atoms with Gasteiger partial charge in [-0.1, -0.05) is 38.3 Å². The van der Waals surface area contributed by atoms with Gasteiger partial charge in [-0.05, 0) is 88.9 Å². The van der Waals surface area contributed by atoms with Crippen molar-refractivity contribution >= 4 is 17.5 Å². The fourth-order valence-corrected chi connectivity index (χ4v) is 6.55. The zero-order valence-electron chi connectivity index (χ0n) is 28.7. The Morgan fingerprint density at radius 3 is 2.40 bits per heavy atom. The molecule has 4 atom stereocenters. The molecule has 0 spiro atoms. The standard InChI is InChI=1S/C37H52F3N3O5/c1-25-21-43(26(2)24-44)36(46)32-20-31(41-35(45)29-11-6-5-7-12-29)17-18-33(32)48-27(3)10-8-9-19-47-34(25)23-42(4)22-28-13-15-30(16-14-28)37(38,39)40/h13-18,20,25-27,29,34,44H,5-12,19,21-24H2,1-4H3,(H,41,45)/t25-,26+,27+,34-/m0/s1. The van der Waals surface area contributed by atoms with E-state index in [9.17, 15) is 27.9 Å². The number of ether oxygens (including phenoxy) is 2. The molecule has 1 heterocycles. The van der Waals surface area contributed by atoms with Crippen LogP contribution in [0.15, 0.2) is 42.5 Å². The van der Waals surface area contributed by atoms with Gasteiger partial charge in [0.05, 0.1) is 36.0 Å². The Morgan fingerprint density at radius 2 is 1.73 bits per heavy atom. The van der Waals surface area contributed by atoms with Gasteiger partial charge in [0.1, 0.15) is 5.75 Å². The molecule has 0 aromatic heterocycles. The normalized spacial score (nSPS) is 22.8. The number of alkyl halides is 3. The van der Waals surface area contributed by atoms with Crippen LogP contribution in [0.5, 0.6) is 5.75 Å². The summed E-state index contributed by atoms with van der Waals surface area (Å²) in [6, 6.07) is 9.88. The first-order chi connectivity index (χ1) is 22.8. The second-order valence-corrected chi connectivity index (χ2v) is 13.7. The number of carbonyl (C=O) groups excluding carboxylic acids is 2. The molecule has 8 nitrogen and oxygen atoms in total. The summed E-state index contributed by atoms with van der Waals surface area (Å²) in [5.41, 5.74) is 0.928. The highest BCUT2D eigenvalue weighted by atomic mass is 19.4. The third kappa shape index (κ3) is 10.7. The Balaban J connectivity index is 1.56. The van der Waals surface area contributed by atoms with Gasteiger partial charge in [-0.2, -0.15) is 13.2 Å². The van der Waals surface area contributed by atoms with Gasteiger partial charge in [-0.25, -0.2) is 0 Å². The third-order valence-electron chi connectivity index (χ3n) is 9.52. The number of nitrogens with one attached hydrogen (secondary N) is 1. The number of halogens is 3. The van der Waals surface area contributed by atoms with Crippen LogP contribution < -0.4 is 10.1 Å². The maximum atomic E-state index is 14.4. The van der Waals surface area contributed by atoms with E-state index in [2.05, 4.69) is 5.32 Å². The van der Waals surface area contributed by atoms with Crippen LogP contribution in [-0.4, -0.2) is 78.3 Å². The second kappa shape index (κ2) is 17.5. The maximum Gasteiger partial charge on any atom is 0.416 e. The van der Waals surface area contributed by atoms with Crippen LogP contribution in [0.3, 0.4) is 0 Å². The van der Waals surface area contributed by atoms with E-state index in [0.29, 0.717) is 36.7 Å². The lowest BCUT2D eigenvalue weighted by molar-refractivity contribution is -0.137. The number of fused-ring (bicyclic) bond motifs is 1. The summed E-state index contributed by atoms with van der Waals surface area (Å²) in [5.74, 6) is -0.105. The van der Waals surface area contributed by atoms with Crippen molar-refractivity contribution in [3.63, 3.8) is 0 Å². The molecule has 2 N–H and O–H groups in total. The first-order valence-corrected chi connectivity index (χ1v) is 17.3. The van der Waals surface area contributed by atoms with Crippen LogP contribution in [0.2, 0.25) is 0 Å². The molecule has 266 valence electrons. The molecular formula is C37H52F3N3O5. The van der Waals surface area contributed by atoms with Crippen molar-refractivity contribution in [2.45, 2.75) is 103 Å². The van der Waals surface area contributed by atoms with Gasteiger partial charge in [0.2, 0.25) is 5.91 Å².